The van der Waals surface area contributed by atoms with Crippen molar-refractivity contribution in [3.05, 3.63) is 29.8 Å². The van der Waals surface area contributed by atoms with Gasteiger partial charge < -0.3 is 5.11 Å². The minimum absolute atomic E-state index is 0.0991. The Bertz CT molecular complexity index is 584. The molecule has 5 nitrogen and oxygen atoms in total. The summed E-state index contributed by atoms with van der Waals surface area (Å²) >= 11 is 0. The van der Waals surface area contributed by atoms with Crippen molar-refractivity contribution >= 4 is 16.0 Å². The SMILES string of the molecule is CC1CN(S(=O)(=O)c2ccc(CC(=O)O)cc2)CC1C. The smallest absolute Gasteiger partial charge is 0.307 e. The normalized spacial score (nSPS) is 23.9. The Morgan fingerprint density at radius 2 is 1.70 bits per heavy atom. The molecule has 0 saturated carbocycles. The zero-order valence-electron chi connectivity index (χ0n) is 11.6. The number of sulfonamides is 1. The molecule has 1 aromatic carbocycles. The van der Waals surface area contributed by atoms with Gasteiger partial charge in [-0.25, -0.2) is 8.42 Å². The topological polar surface area (TPSA) is 74.7 Å². The van der Waals surface area contributed by atoms with E-state index in [0.29, 0.717) is 30.5 Å². The fraction of sp³-hybridized carbons (Fsp3) is 0.500. The highest BCUT2D eigenvalue weighted by Gasteiger charge is 2.34. The average molecular weight is 297 g/mol. The van der Waals surface area contributed by atoms with Crippen LogP contribution < -0.4 is 0 Å². The molecule has 2 unspecified atom stereocenters. The van der Waals surface area contributed by atoms with E-state index in [2.05, 4.69) is 13.8 Å². The standard InChI is InChI=1S/C14H19NO4S/c1-10-8-15(9-11(10)2)20(18,19)13-5-3-12(4-6-13)7-14(16)17/h3-6,10-11H,7-9H2,1-2H3,(H,16,17). The van der Waals surface area contributed by atoms with Gasteiger partial charge in [0, 0.05) is 13.1 Å². The monoisotopic (exact) mass is 297 g/mol. The van der Waals surface area contributed by atoms with E-state index in [1.54, 1.807) is 12.1 Å². The summed E-state index contributed by atoms with van der Waals surface area (Å²) in [7, 11) is -3.46. The lowest BCUT2D eigenvalue weighted by atomic mass is 10.0. The van der Waals surface area contributed by atoms with Gasteiger partial charge in [-0.05, 0) is 29.5 Å². The van der Waals surface area contributed by atoms with Crippen molar-refractivity contribution in [1.29, 1.82) is 0 Å². The first-order valence-electron chi connectivity index (χ1n) is 6.61. The maximum Gasteiger partial charge on any atom is 0.307 e. The molecule has 0 spiro atoms. The molecule has 1 saturated heterocycles. The van der Waals surface area contributed by atoms with E-state index in [9.17, 15) is 13.2 Å². The molecular weight excluding hydrogens is 278 g/mol. The summed E-state index contributed by atoms with van der Waals surface area (Å²) in [6.45, 7) is 5.19. The molecule has 0 aliphatic carbocycles. The number of benzene rings is 1. The molecule has 0 radical (unpaired) electrons. The fourth-order valence-corrected chi connectivity index (χ4v) is 4.02. The van der Waals surface area contributed by atoms with Crippen molar-refractivity contribution in [3.8, 4) is 0 Å². The van der Waals surface area contributed by atoms with Crippen LogP contribution in [-0.2, 0) is 21.2 Å². The molecule has 20 heavy (non-hydrogen) atoms. The molecule has 1 N–H and O–H groups in total. The second-order valence-corrected chi connectivity index (χ2v) is 7.43. The molecule has 1 aliphatic heterocycles. The van der Waals surface area contributed by atoms with Gasteiger partial charge in [-0.15, -0.1) is 0 Å². The van der Waals surface area contributed by atoms with E-state index in [-0.39, 0.29) is 11.3 Å². The number of rotatable bonds is 4. The first kappa shape index (κ1) is 15.0. The Morgan fingerprint density at radius 1 is 1.20 bits per heavy atom. The molecule has 110 valence electrons. The van der Waals surface area contributed by atoms with Crippen LogP contribution in [0.1, 0.15) is 19.4 Å². The van der Waals surface area contributed by atoms with Gasteiger partial charge in [-0.3, -0.25) is 4.79 Å². The maximum absolute atomic E-state index is 12.5. The first-order chi connectivity index (χ1) is 9.30. The molecule has 1 fully saturated rings. The summed E-state index contributed by atoms with van der Waals surface area (Å²) in [6, 6.07) is 6.09. The second-order valence-electron chi connectivity index (χ2n) is 5.49. The predicted molar refractivity (Wildman–Crippen MR) is 74.9 cm³/mol. The van der Waals surface area contributed by atoms with Crippen molar-refractivity contribution < 1.29 is 18.3 Å². The summed E-state index contributed by atoms with van der Waals surface area (Å²) < 4.78 is 26.4. The summed E-state index contributed by atoms with van der Waals surface area (Å²) in [5.41, 5.74) is 0.597. The molecule has 2 atom stereocenters. The quantitative estimate of drug-likeness (QED) is 0.916. The van der Waals surface area contributed by atoms with Crippen LogP contribution in [-0.4, -0.2) is 36.9 Å². The molecule has 1 aliphatic rings. The van der Waals surface area contributed by atoms with Crippen LogP contribution in [0.15, 0.2) is 29.2 Å². The lowest BCUT2D eigenvalue weighted by Gasteiger charge is -2.16. The molecule has 1 heterocycles. The molecule has 1 aromatic rings. The Balaban J connectivity index is 2.20. The third kappa shape index (κ3) is 3.02. The molecule has 0 aromatic heterocycles. The number of aliphatic carboxylic acids is 1. The highest BCUT2D eigenvalue weighted by atomic mass is 32.2. The van der Waals surface area contributed by atoms with Crippen LogP contribution in [0.25, 0.3) is 0 Å². The van der Waals surface area contributed by atoms with Gasteiger partial charge in [0.2, 0.25) is 10.0 Å². The van der Waals surface area contributed by atoms with Crippen LogP contribution in [0.5, 0.6) is 0 Å². The van der Waals surface area contributed by atoms with Crippen molar-refractivity contribution in [2.45, 2.75) is 25.2 Å². The molecule has 2 rings (SSSR count). The van der Waals surface area contributed by atoms with Crippen molar-refractivity contribution in [3.63, 3.8) is 0 Å². The Morgan fingerprint density at radius 3 is 2.15 bits per heavy atom. The number of hydrogen-bond acceptors (Lipinski definition) is 3. The molecule has 0 amide bonds. The number of carboxylic acids is 1. The molecule has 6 heteroatoms. The Kier molecular flexibility index (Phi) is 4.15. The van der Waals surface area contributed by atoms with E-state index in [4.69, 9.17) is 5.11 Å². The van der Waals surface area contributed by atoms with Gasteiger partial charge in [-0.2, -0.15) is 4.31 Å². The molecule has 0 bridgehead atoms. The van der Waals surface area contributed by atoms with E-state index < -0.39 is 16.0 Å². The summed E-state index contributed by atoms with van der Waals surface area (Å²) in [5, 5.41) is 8.70. The highest BCUT2D eigenvalue weighted by Crippen LogP contribution is 2.28. The number of nitrogens with zero attached hydrogens (tertiary/aromatic N) is 1. The van der Waals surface area contributed by atoms with Gasteiger partial charge >= 0.3 is 5.97 Å². The van der Waals surface area contributed by atoms with Crippen LogP contribution in [0.4, 0.5) is 0 Å². The number of carbonyl (C=O) groups is 1. The van der Waals surface area contributed by atoms with Gasteiger partial charge in [0.25, 0.3) is 0 Å². The average Bonchev–Trinajstić information content (AvgIpc) is 2.70. The minimum atomic E-state index is -3.46. The first-order valence-corrected chi connectivity index (χ1v) is 8.05. The van der Waals surface area contributed by atoms with Gasteiger partial charge in [-0.1, -0.05) is 26.0 Å². The van der Waals surface area contributed by atoms with E-state index >= 15 is 0 Å². The van der Waals surface area contributed by atoms with E-state index in [1.807, 2.05) is 0 Å². The second kappa shape index (κ2) is 5.54. The number of carboxylic acid groups (broad SMARTS) is 1. The van der Waals surface area contributed by atoms with Crippen LogP contribution in [0, 0.1) is 11.8 Å². The van der Waals surface area contributed by atoms with Gasteiger partial charge in [0.1, 0.15) is 0 Å². The van der Waals surface area contributed by atoms with Gasteiger partial charge in [0.15, 0.2) is 0 Å². The number of hydrogen-bond donors (Lipinski definition) is 1. The van der Waals surface area contributed by atoms with Crippen molar-refractivity contribution in [2.75, 3.05) is 13.1 Å². The predicted octanol–water partition coefficient (Wildman–Crippen LogP) is 1.59. The zero-order valence-corrected chi connectivity index (χ0v) is 12.4. The van der Waals surface area contributed by atoms with Gasteiger partial charge in [0.05, 0.1) is 11.3 Å². The lowest BCUT2D eigenvalue weighted by Crippen LogP contribution is -2.29. The largest absolute Gasteiger partial charge is 0.481 e. The van der Waals surface area contributed by atoms with E-state index in [1.165, 1.54) is 16.4 Å². The Labute approximate surface area is 119 Å². The summed E-state index contributed by atoms with van der Waals surface area (Å²) in [6.07, 6.45) is -0.0991. The Hall–Kier alpha value is -1.40. The third-order valence-electron chi connectivity index (χ3n) is 3.87. The minimum Gasteiger partial charge on any atom is -0.481 e. The molecular formula is C14H19NO4S. The van der Waals surface area contributed by atoms with Crippen molar-refractivity contribution in [2.24, 2.45) is 11.8 Å². The third-order valence-corrected chi connectivity index (χ3v) is 5.72. The zero-order chi connectivity index (χ0) is 14.9. The highest BCUT2D eigenvalue weighted by molar-refractivity contribution is 7.89. The van der Waals surface area contributed by atoms with Crippen LogP contribution in [0.3, 0.4) is 0 Å². The fourth-order valence-electron chi connectivity index (χ4n) is 2.38. The van der Waals surface area contributed by atoms with Crippen molar-refractivity contribution in [1.82, 2.24) is 4.31 Å². The van der Waals surface area contributed by atoms with E-state index in [0.717, 1.165) is 0 Å². The van der Waals surface area contributed by atoms with Crippen LogP contribution in [0.2, 0.25) is 0 Å². The van der Waals surface area contributed by atoms with Crippen LogP contribution >= 0.6 is 0 Å². The maximum atomic E-state index is 12.5. The lowest BCUT2D eigenvalue weighted by molar-refractivity contribution is -0.136. The summed E-state index contributed by atoms with van der Waals surface area (Å²) in [5.74, 6) is -0.213. The summed E-state index contributed by atoms with van der Waals surface area (Å²) in [4.78, 5) is 10.8.